The first-order valence-corrected chi connectivity index (χ1v) is 6.81. The summed E-state index contributed by atoms with van der Waals surface area (Å²) in [4.78, 5) is 15.3. The van der Waals surface area contributed by atoms with Crippen molar-refractivity contribution >= 4 is 23.2 Å². The Hall–Kier alpha value is -2.07. The van der Waals surface area contributed by atoms with Crippen molar-refractivity contribution in [3.05, 3.63) is 58.4 Å². The van der Waals surface area contributed by atoms with E-state index in [-0.39, 0.29) is 6.04 Å². The standard InChI is InChI=1S/C15H14ClN3O/c16-10-2-3-11-9(7-10)1-4-13(11)19-14-5-6-18-8-12(14)15(17)20/h2-3,5-8,13H,1,4H2,(H2,17,20)(H,18,19). The molecule has 102 valence electrons. The van der Waals surface area contributed by atoms with Crippen LogP contribution < -0.4 is 11.1 Å². The molecule has 1 aliphatic carbocycles. The lowest BCUT2D eigenvalue weighted by Gasteiger charge is -2.17. The fraction of sp³-hybridized carbons (Fsp3) is 0.200. The third-order valence-electron chi connectivity index (χ3n) is 3.60. The van der Waals surface area contributed by atoms with E-state index in [1.165, 1.54) is 17.3 Å². The normalized spacial score (nSPS) is 16.8. The Labute approximate surface area is 122 Å². The first-order valence-electron chi connectivity index (χ1n) is 6.44. The number of carbonyl (C=O) groups excluding carboxylic acids is 1. The Bertz CT molecular complexity index is 672. The summed E-state index contributed by atoms with van der Waals surface area (Å²) in [6.07, 6.45) is 5.08. The van der Waals surface area contributed by atoms with Crippen molar-refractivity contribution in [2.75, 3.05) is 5.32 Å². The van der Waals surface area contributed by atoms with Gasteiger partial charge in [0.25, 0.3) is 5.91 Å². The fourth-order valence-electron chi connectivity index (χ4n) is 2.64. The van der Waals surface area contributed by atoms with E-state index in [4.69, 9.17) is 17.3 Å². The van der Waals surface area contributed by atoms with Gasteiger partial charge >= 0.3 is 0 Å². The summed E-state index contributed by atoms with van der Waals surface area (Å²) in [5.41, 5.74) is 8.98. The average Bonchev–Trinajstić information content (AvgIpc) is 2.81. The maximum atomic E-state index is 11.4. The Morgan fingerprint density at radius 3 is 3.05 bits per heavy atom. The number of hydrogen-bond acceptors (Lipinski definition) is 3. The molecule has 0 bridgehead atoms. The van der Waals surface area contributed by atoms with Gasteiger partial charge in [0.1, 0.15) is 0 Å². The SMILES string of the molecule is NC(=O)c1cnccc1NC1CCc2cc(Cl)ccc21. The lowest BCUT2D eigenvalue weighted by atomic mass is 10.1. The number of rotatable bonds is 3. The molecule has 0 aliphatic heterocycles. The fourth-order valence-corrected chi connectivity index (χ4v) is 2.84. The molecule has 0 radical (unpaired) electrons. The van der Waals surface area contributed by atoms with Gasteiger partial charge in [-0.05, 0) is 42.2 Å². The van der Waals surface area contributed by atoms with Crippen LogP contribution >= 0.6 is 11.6 Å². The van der Waals surface area contributed by atoms with Crippen LogP contribution in [0.25, 0.3) is 0 Å². The van der Waals surface area contributed by atoms with Gasteiger partial charge in [-0.25, -0.2) is 0 Å². The summed E-state index contributed by atoms with van der Waals surface area (Å²) >= 11 is 6.01. The van der Waals surface area contributed by atoms with Gasteiger partial charge in [0.15, 0.2) is 0 Å². The highest BCUT2D eigenvalue weighted by Gasteiger charge is 2.23. The summed E-state index contributed by atoms with van der Waals surface area (Å²) in [6, 6.07) is 7.87. The third kappa shape index (κ3) is 2.34. The summed E-state index contributed by atoms with van der Waals surface area (Å²) in [6.45, 7) is 0. The summed E-state index contributed by atoms with van der Waals surface area (Å²) < 4.78 is 0. The second-order valence-corrected chi connectivity index (χ2v) is 5.30. The number of fused-ring (bicyclic) bond motifs is 1. The Morgan fingerprint density at radius 2 is 2.25 bits per heavy atom. The van der Waals surface area contributed by atoms with E-state index in [0.717, 1.165) is 23.6 Å². The van der Waals surface area contributed by atoms with Gasteiger partial charge in [-0.15, -0.1) is 0 Å². The van der Waals surface area contributed by atoms with Crippen molar-refractivity contribution in [2.45, 2.75) is 18.9 Å². The van der Waals surface area contributed by atoms with Gasteiger partial charge in [-0.3, -0.25) is 9.78 Å². The number of nitrogens with one attached hydrogen (secondary N) is 1. The van der Waals surface area contributed by atoms with Crippen molar-refractivity contribution in [2.24, 2.45) is 5.73 Å². The predicted molar refractivity (Wildman–Crippen MR) is 78.9 cm³/mol. The Morgan fingerprint density at radius 1 is 1.40 bits per heavy atom. The largest absolute Gasteiger partial charge is 0.377 e. The predicted octanol–water partition coefficient (Wildman–Crippen LogP) is 2.93. The average molecular weight is 288 g/mol. The molecule has 5 heteroatoms. The second-order valence-electron chi connectivity index (χ2n) is 4.86. The van der Waals surface area contributed by atoms with Gasteiger partial charge in [-0.1, -0.05) is 17.7 Å². The molecule has 2 aromatic rings. The van der Waals surface area contributed by atoms with Crippen LogP contribution in [0.5, 0.6) is 0 Å². The monoisotopic (exact) mass is 287 g/mol. The van der Waals surface area contributed by atoms with E-state index >= 15 is 0 Å². The smallest absolute Gasteiger partial charge is 0.252 e. The molecule has 1 unspecified atom stereocenters. The molecule has 0 fully saturated rings. The molecule has 1 amide bonds. The molecule has 1 aromatic heterocycles. The number of primary amides is 1. The molecule has 1 aromatic carbocycles. The van der Waals surface area contributed by atoms with Crippen LogP contribution in [0.3, 0.4) is 0 Å². The molecular formula is C15H14ClN3O. The minimum absolute atomic E-state index is 0.169. The van der Waals surface area contributed by atoms with Crippen LogP contribution in [0, 0.1) is 0 Å². The first-order chi connectivity index (χ1) is 9.65. The number of halogens is 1. The minimum atomic E-state index is -0.477. The molecule has 20 heavy (non-hydrogen) atoms. The summed E-state index contributed by atoms with van der Waals surface area (Å²) in [5.74, 6) is -0.477. The van der Waals surface area contributed by atoms with Crippen LogP contribution in [-0.2, 0) is 6.42 Å². The number of amides is 1. The van der Waals surface area contributed by atoms with E-state index in [1.54, 1.807) is 12.3 Å². The number of pyridine rings is 1. The molecule has 0 spiro atoms. The number of nitrogens with zero attached hydrogens (tertiary/aromatic N) is 1. The lowest BCUT2D eigenvalue weighted by Crippen LogP contribution is -2.16. The van der Waals surface area contributed by atoms with Crippen molar-refractivity contribution in [1.82, 2.24) is 4.98 Å². The highest BCUT2D eigenvalue weighted by molar-refractivity contribution is 6.30. The number of aromatic nitrogens is 1. The van der Waals surface area contributed by atoms with E-state index < -0.39 is 5.91 Å². The van der Waals surface area contributed by atoms with Gasteiger partial charge in [0.05, 0.1) is 17.3 Å². The molecule has 1 atom stereocenters. The van der Waals surface area contributed by atoms with Gasteiger partial charge in [0, 0.05) is 17.4 Å². The van der Waals surface area contributed by atoms with Crippen molar-refractivity contribution in [3.8, 4) is 0 Å². The molecule has 3 N–H and O–H groups in total. The number of nitrogens with two attached hydrogens (primary N) is 1. The van der Waals surface area contributed by atoms with Gasteiger partial charge < -0.3 is 11.1 Å². The first kappa shape index (κ1) is 12.9. The molecule has 0 saturated heterocycles. The molecular weight excluding hydrogens is 274 g/mol. The van der Waals surface area contributed by atoms with Crippen LogP contribution in [0.2, 0.25) is 5.02 Å². The van der Waals surface area contributed by atoms with Gasteiger partial charge in [0.2, 0.25) is 0 Å². The van der Waals surface area contributed by atoms with Crippen molar-refractivity contribution < 1.29 is 4.79 Å². The zero-order valence-corrected chi connectivity index (χ0v) is 11.5. The van der Waals surface area contributed by atoms with Crippen LogP contribution in [0.1, 0.15) is 33.9 Å². The number of benzene rings is 1. The Kier molecular flexibility index (Phi) is 3.32. The zero-order chi connectivity index (χ0) is 14.1. The number of aryl methyl sites for hydroxylation is 1. The van der Waals surface area contributed by atoms with E-state index in [9.17, 15) is 4.79 Å². The van der Waals surface area contributed by atoms with Gasteiger partial charge in [-0.2, -0.15) is 0 Å². The van der Waals surface area contributed by atoms with Crippen LogP contribution in [0.4, 0.5) is 5.69 Å². The van der Waals surface area contributed by atoms with E-state index in [2.05, 4.69) is 10.3 Å². The highest BCUT2D eigenvalue weighted by atomic mass is 35.5. The number of carbonyl (C=O) groups is 1. The van der Waals surface area contributed by atoms with E-state index in [1.807, 2.05) is 18.2 Å². The summed E-state index contributed by atoms with van der Waals surface area (Å²) in [5, 5.41) is 4.14. The maximum Gasteiger partial charge on any atom is 0.252 e. The van der Waals surface area contributed by atoms with Crippen molar-refractivity contribution in [3.63, 3.8) is 0 Å². The maximum absolute atomic E-state index is 11.4. The third-order valence-corrected chi connectivity index (χ3v) is 3.83. The molecule has 1 aliphatic rings. The number of hydrogen-bond donors (Lipinski definition) is 2. The quantitative estimate of drug-likeness (QED) is 0.912. The number of anilines is 1. The van der Waals surface area contributed by atoms with Crippen LogP contribution in [0.15, 0.2) is 36.7 Å². The lowest BCUT2D eigenvalue weighted by molar-refractivity contribution is 0.100. The molecule has 1 heterocycles. The summed E-state index contributed by atoms with van der Waals surface area (Å²) in [7, 11) is 0. The molecule has 4 nitrogen and oxygen atoms in total. The Balaban J connectivity index is 1.90. The zero-order valence-electron chi connectivity index (χ0n) is 10.8. The second kappa shape index (κ2) is 5.13. The van der Waals surface area contributed by atoms with Crippen molar-refractivity contribution in [1.29, 1.82) is 0 Å². The topological polar surface area (TPSA) is 68.0 Å². The molecule has 0 saturated carbocycles. The molecule has 3 rings (SSSR count). The minimum Gasteiger partial charge on any atom is -0.377 e. The highest BCUT2D eigenvalue weighted by Crippen LogP contribution is 2.35. The van der Waals surface area contributed by atoms with E-state index in [0.29, 0.717) is 5.56 Å². The van der Waals surface area contributed by atoms with Crippen LogP contribution in [-0.4, -0.2) is 10.9 Å².